The highest BCUT2D eigenvalue weighted by Crippen LogP contribution is 2.33. The maximum Gasteiger partial charge on any atom is 0.285 e. The molecular formula is C12H19ClN4O. The zero-order valence-electron chi connectivity index (χ0n) is 10.5. The third-order valence-electron chi connectivity index (χ3n) is 3.75. The fourth-order valence-corrected chi connectivity index (χ4v) is 3.06. The summed E-state index contributed by atoms with van der Waals surface area (Å²) in [6.07, 6.45) is 5.04. The molecule has 6 heteroatoms. The molecule has 0 radical (unpaired) electrons. The number of anilines is 1. The topological polar surface area (TPSA) is 75.0 Å². The smallest absolute Gasteiger partial charge is 0.285 e. The summed E-state index contributed by atoms with van der Waals surface area (Å²) >= 11 is 6.08. The van der Waals surface area contributed by atoms with Crippen LogP contribution in [-0.2, 0) is 0 Å². The Hall–Kier alpha value is -1.07. The van der Waals surface area contributed by atoms with E-state index in [1.807, 2.05) is 0 Å². The van der Waals surface area contributed by atoms with Crippen molar-refractivity contribution in [3.8, 4) is 0 Å². The second kappa shape index (κ2) is 5.71. The van der Waals surface area contributed by atoms with E-state index in [1.54, 1.807) is 6.20 Å². The monoisotopic (exact) mass is 270 g/mol. The predicted molar refractivity (Wildman–Crippen MR) is 73.1 cm³/mol. The zero-order chi connectivity index (χ0) is 13.1. The first-order valence-electron chi connectivity index (χ1n) is 6.39. The Bertz CT molecular complexity index is 462. The van der Waals surface area contributed by atoms with Crippen LogP contribution < -0.4 is 16.2 Å². The van der Waals surface area contributed by atoms with Crippen molar-refractivity contribution in [3.05, 3.63) is 21.6 Å². The minimum atomic E-state index is -0.338. The van der Waals surface area contributed by atoms with Gasteiger partial charge in [0.05, 0.1) is 11.9 Å². The van der Waals surface area contributed by atoms with E-state index in [-0.39, 0.29) is 10.6 Å². The lowest BCUT2D eigenvalue weighted by molar-refractivity contribution is 0.461. The van der Waals surface area contributed by atoms with Crippen LogP contribution >= 0.6 is 11.6 Å². The van der Waals surface area contributed by atoms with Crippen LogP contribution in [0.15, 0.2) is 11.0 Å². The second-order valence-corrected chi connectivity index (χ2v) is 5.06. The van der Waals surface area contributed by atoms with Gasteiger partial charge in [-0.2, -0.15) is 5.10 Å². The van der Waals surface area contributed by atoms with Crippen LogP contribution in [-0.4, -0.2) is 29.3 Å². The molecule has 5 nitrogen and oxygen atoms in total. The van der Waals surface area contributed by atoms with Crippen LogP contribution in [0.4, 0.5) is 5.69 Å². The maximum absolute atomic E-state index is 11.5. The molecule has 0 saturated heterocycles. The molecule has 2 unspecified atom stereocenters. The van der Waals surface area contributed by atoms with Gasteiger partial charge in [0.25, 0.3) is 5.56 Å². The summed E-state index contributed by atoms with van der Waals surface area (Å²) in [5.74, 6) is 0.473. The van der Waals surface area contributed by atoms with E-state index in [0.29, 0.717) is 24.2 Å². The Labute approximate surface area is 111 Å². The molecule has 0 aliphatic heterocycles. The van der Waals surface area contributed by atoms with Crippen LogP contribution in [0.1, 0.15) is 26.2 Å². The van der Waals surface area contributed by atoms with Gasteiger partial charge in [-0.15, -0.1) is 0 Å². The van der Waals surface area contributed by atoms with Crippen molar-refractivity contribution in [3.63, 3.8) is 0 Å². The largest absolute Gasteiger partial charge is 0.366 e. The molecule has 2 rings (SSSR count). The molecule has 0 spiro atoms. The summed E-state index contributed by atoms with van der Waals surface area (Å²) in [6, 6.07) is 0.362. The van der Waals surface area contributed by atoms with Crippen LogP contribution in [0.2, 0.25) is 5.02 Å². The molecule has 1 aliphatic carbocycles. The molecule has 2 atom stereocenters. The lowest BCUT2D eigenvalue weighted by Crippen LogP contribution is -2.41. The number of aromatic amines is 1. The number of aromatic nitrogens is 2. The summed E-state index contributed by atoms with van der Waals surface area (Å²) in [6.45, 7) is 3.53. The van der Waals surface area contributed by atoms with Crippen LogP contribution in [0.25, 0.3) is 0 Å². The zero-order valence-corrected chi connectivity index (χ0v) is 11.3. The molecule has 18 heavy (non-hydrogen) atoms. The number of hydrogen-bond acceptors (Lipinski definition) is 4. The fourth-order valence-electron chi connectivity index (χ4n) is 2.86. The minimum Gasteiger partial charge on any atom is -0.366 e. The molecule has 1 fully saturated rings. The van der Waals surface area contributed by atoms with Gasteiger partial charge in [0.1, 0.15) is 5.02 Å². The molecule has 1 saturated carbocycles. The molecule has 100 valence electrons. The number of halogens is 1. The number of nitrogens with zero attached hydrogens (tertiary/aromatic N) is 2. The number of nitrogens with one attached hydrogen (secondary N) is 1. The summed E-state index contributed by atoms with van der Waals surface area (Å²) in [4.78, 5) is 13.7. The fraction of sp³-hybridized carbons (Fsp3) is 0.667. The van der Waals surface area contributed by atoms with Gasteiger partial charge in [-0.1, -0.05) is 18.0 Å². The molecule has 3 N–H and O–H groups in total. The van der Waals surface area contributed by atoms with Crippen molar-refractivity contribution in [2.75, 3.05) is 18.0 Å². The van der Waals surface area contributed by atoms with Gasteiger partial charge >= 0.3 is 0 Å². The van der Waals surface area contributed by atoms with Crippen molar-refractivity contribution in [2.45, 2.75) is 32.2 Å². The summed E-state index contributed by atoms with van der Waals surface area (Å²) in [5, 5.41) is 6.40. The van der Waals surface area contributed by atoms with E-state index >= 15 is 0 Å². The third kappa shape index (κ3) is 2.37. The lowest BCUT2D eigenvalue weighted by atomic mass is 10.0. The van der Waals surface area contributed by atoms with Crippen LogP contribution in [0, 0.1) is 5.92 Å². The van der Waals surface area contributed by atoms with E-state index in [2.05, 4.69) is 22.0 Å². The van der Waals surface area contributed by atoms with Crippen molar-refractivity contribution in [1.29, 1.82) is 0 Å². The normalized spacial score (nSPS) is 23.3. The van der Waals surface area contributed by atoms with Crippen LogP contribution in [0.3, 0.4) is 0 Å². The number of H-pyrrole nitrogens is 1. The third-order valence-corrected chi connectivity index (χ3v) is 4.11. The van der Waals surface area contributed by atoms with Gasteiger partial charge < -0.3 is 10.6 Å². The molecule has 1 aromatic heterocycles. The van der Waals surface area contributed by atoms with Crippen molar-refractivity contribution in [1.82, 2.24) is 10.2 Å². The quantitative estimate of drug-likeness (QED) is 0.867. The van der Waals surface area contributed by atoms with Gasteiger partial charge in [-0.3, -0.25) is 4.79 Å². The van der Waals surface area contributed by atoms with E-state index in [1.165, 1.54) is 6.42 Å². The lowest BCUT2D eigenvalue weighted by Gasteiger charge is -2.33. The summed E-state index contributed by atoms with van der Waals surface area (Å²) in [7, 11) is 0. The molecule has 1 aliphatic rings. The SMILES string of the molecule is CCN(c1cn[nH]c(=O)c1Cl)C1CCCC1CN. The standard InChI is InChI=1S/C12H19ClN4O/c1-2-17(9-5-3-4-8(9)6-14)10-7-15-16-12(18)11(10)13/h7-9H,2-6,14H2,1H3,(H,16,18). The van der Waals surface area contributed by atoms with Crippen molar-refractivity contribution >= 4 is 17.3 Å². The average Bonchev–Trinajstić information content (AvgIpc) is 2.83. The van der Waals surface area contributed by atoms with Crippen LogP contribution in [0.5, 0.6) is 0 Å². The van der Waals surface area contributed by atoms with E-state index in [0.717, 1.165) is 19.4 Å². The highest BCUT2D eigenvalue weighted by atomic mass is 35.5. The maximum atomic E-state index is 11.5. The van der Waals surface area contributed by atoms with Gasteiger partial charge in [-0.25, -0.2) is 5.10 Å². The minimum absolute atomic E-state index is 0.217. The first-order valence-corrected chi connectivity index (χ1v) is 6.76. The second-order valence-electron chi connectivity index (χ2n) is 4.68. The number of hydrogen-bond donors (Lipinski definition) is 2. The Morgan fingerprint density at radius 3 is 3.06 bits per heavy atom. The Morgan fingerprint density at radius 2 is 2.39 bits per heavy atom. The summed E-state index contributed by atoms with van der Waals surface area (Å²) < 4.78 is 0. The van der Waals surface area contributed by atoms with Crippen molar-refractivity contribution < 1.29 is 0 Å². The molecule has 0 bridgehead atoms. The van der Waals surface area contributed by atoms with Gasteiger partial charge in [0.15, 0.2) is 0 Å². The highest BCUT2D eigenvalue weighted by Gasteiger charge is 2.31. The number of rotatable bonds is 4. The van der Waals surface area contributed by atoms with Gasteiger partial charge in [0.2, 0.25) is 0 Å². The molecular weight excluding hydrogens is 252 g/mol. The Kier molecular flexibility index (Phi) is 4.24. The first-order chi connectivity index (χ1) is 8.69. The predicted octanol–water partition coefficient (Wildman–Crippen LogP) is 1.38. The van der Waals surface area contributed by atoms with E-state index < -0.39 is 0 Å². The number of nitrogens with two attached hydrogens (primary N) is 1. The van der Waals surface area contributed by atoms with Gasteiger partial charge in [0, 0.05) is 12.6 Å². The van der Waals surface area contributed by atoms with Gasteiger partial charge in [-0.05, 0) is 32.2 Å². The van der Waals surface area contributed by atoms with E-state index in [9.17, 15) is 4.79 Å². The Balaban J connectivity index is 2.33. The molecule has 0 aromatic carbocycles. The van der Waals surface area contributed by atoms with Crippen molar-refractivity contribution in [2.24, 2.45) is 11.7 Å². The first kappa shape index (κ1) is 13.4. The van der Waals surface area contributed by atoms with E-state index in [4.69, 9.17) is 17.3 Å². The molecule has 0 amide bonds. The molecule has 1 aromatic rings. The molecule has 1 heterocycles. The average molecular weight is 271 g/mol. The summed E-state index contributed by atoms with van der Waals surface area (Å²) in [5.41, 5.74) is 6.20. The highest BCUT2D eigenvalue weighted by molar-refractivity contribution is 6.33. The Morgan fingerprint density at radius 1 is 1.61 bits per heavy atom.